The highest BCUT2D eigenvalue weighted by Gasteiger charge is 2.47. The molecule has 0 saturated carbocycles. The molecule has 6 heteroatoms. The molecule has 100 valence electrons. The van der Waals surface area contributed by atoms with Crippen LogP contribution in [0.15, 0.2) is 12.7 Å². The van der Waals surface area contributed by atoms with Crippen molar-refractivity contribution in [1.29, 1.82) is 0 Å². The first-order valence-corrected chi connectivity index (χ1v) is 7.48. The first kappa shape index (κ1) is 15.2. The molecule has 18 heavy (non-hydrogen) atoms. The van der Waals surface area contributed by atoms with Crippen molar-refractivity contribution in [2.45, 2.75) is 26.2 Å². The van der Waals surface area contributed by atoms with Gasteiger partial charge in [0, 0.05) is 0 Å². The van der Waals surface area contributed by atoms with Gasteiger partial charge >= 0.3 is 0 Å². The van der Waals surface area contributed by atoms with Crippen LogP contribution in [-0.2, 0) is 9.59 Å². The molecule has 4 nitrogen and oxygen atoms in total. The van der Waals surface area contributed by atoms with E-state index in [2.05, 4.69) is 24.1 Å². The maximum absolute atomic E-state index is 12.1. The summed E-state index contributed by atoms with van der Waals surface area (Å²) in [6.45, 7) is 5.73. The van der Waals surface area contributed by atoms with E-state index in [4.69, 9.17) is 12.2 Å². The summed E-state index contributed by atoms with van der Waals surface area (Å²) in [5.41, 5.74) is -1.05. The van der Waals surface area contributed by atoms with Crippen molar-refractivity contribution in [3.63, 3.8) is 0 Å². The van der Waals surface area contributed by atoms with Crippen LogP contribution < -0.4 is 10.6 Å². The SMILES string of the molecule is C=CCC1(CCSCCC)C(=O)NC(=S)NC1=O. The summed E-state index contributed by atoms with van der Waals surface area (Å²) in [5, 5.41) is 5.15. The van der Waals surface area contributed by atoms with Crippen molar-refractivity contribution < 1.29 is 9.59 Å². The van der Waals surface area contributed by atoms with Crippen LogP contribution in [0.25, 0.3) is 0 Å². The quantitative estimate of drug-likeness (QED) is 0.323. The van der Waals surface area contributed by atoms with Gasteiger partial charge in [-0.25, -0.2) is 0 Å². The molecule has 0 aliphatic carbocycles. The molecule has 1 rings (SSSR count). The van der Waals surface area contributed by atoms with E-state index in [0.29, 0.717) is 12.8 Å². The Morgan fingerprint density at radius 1 is 1.33 bits per heavy atom. The van der Waals surface area contributed by atoms with E-state index in [9.17, 15) is 9.59 Å². The molecule has 0 aromatic carbocycles. The second-order valence-corrected chi connectivity index (χ2v) is 5.81. The number of thiocarbonyl (C=S) groups is 1. The van der Waals surface area contributed by atoms with E-state index < -0.39 is 5.41 Å². The lowest BCUT2D eigenvalue weighted by molar-refractivity contribution is -0.143. The van der Waals surface area contributed by atoms with E-state index in [1.54, 1.807) is 17.8 Å². The highest BCUT2D eigenvalue weighted by Crippen LogP contribution is 2.31. The Morgan fingerprint density at radius 3 is 2.44 bits per heavy atom. The van der Waals surface area contributed by atoms with Crippen molar-refractivity contribution in [3.8, 4) is 0 Å². The smallest absolute Gasteiger partial charge is 0.242 e. The number of nitrogens with one attached hydrogen (secondary N) is 2. The monoisotopic (exact) mass is 286 g/mol. The summed E-state index contributed by atoms with van der Waals surface area (Å²) in [7, 11) is 0. The summed E-state index contributed by atoms with van der Waals surface area (Å²) in [4.78, 5) is 24.1. The van der Waals surface area contributed by atoms with E-state index in [1.807, 2.05) is 0 Å². The second-order valence-electron chi connectivity index (χ2n) is 4.17. The molecule has 0 unspecified atom stereocenters. The average Bonchev–Trinajstić information content (AvgIpc) is 2.31. The number of rotatable bonds is 7. The molecule has 2 N–H and O–H groups in total. The summed E-state index contributed by atoms with van der Waals surface area (Å²) in [5.74, 6) is 1.18. The minimum atomic E-state index is -1.05. The Bertz CT molecular complexity index is 349. The average molecular weight is 286 g/mol. The molecule has 0 spiro atoms. The van der Waals surface area contributed by atoms with Crippen LogP contribution in [0.4, 0.5) is 0 Å². The number of carbonyl (C=O) groups excluding carboxylic acids is 2. The molecule has 1 heterocycles. The molecule has 1 aliphatic heterocycles. The highest BCUT2D eigenvalue weighted by atomic mass is 32.2. The van der Waals surface area contributed by atoms with Crippen LogP contribution in [0.3, 0.4) is 0 Å². The fourth-order valence-electron chi connectivity index (χ4n) is 1.83. The van der Waals surface area contributed by atoms with E-state index >= 15 is 0 Å². The van der Waals surface area contributed by atoms with Gasteiger partial charge in [-0.05, 0) is 43.0 Å². The predicted octanol–water partition coefficient (Wildman–Crippen LogP) is 1.61. The van der Waals surface area contributed by atoms with Crippen LogP contribution >= 0.6 is 24.0 Å². The molecule has 1 saturated heterocycles. The molecule has 1 aliphatic rings. The lowest BCUT2D eigenvalue weighted by Gasteiger charge is -2.34. The first-order valence-electron chi connectivity index (χ1n) is 5.92. The third-order valence-electron chi connectivity index (χ3n) is 2.84. The Kier molecular flexibility index (Phi) is 5.81. The molecule has 0 bridgehead atoms. The molecule has 0 atom stereocenters. The fourth-order valence-corrected chi connectivity index (χ4v) is 3.00. The predicted molar refractivity (Wildman–Crippen MR) is 78.4 cm³/mol. The van der Waals surface area contributed by atoms with Crippen LogP contribution in [0.2, 0.25) is 0 Å². The largest absolute Gasteiger partial charge is 0.302 e. The maximum Gasteiger partial charge on any atom is 0.242 e. The zero-order valence-electron chi connectivity index (χ0n) is 10.5. The van der Waals surface area contributed by atoms with Crippen LogP contribution in [-0.4, -0.2) is 28.4 Å². The minimum absolute atomic E-state index is 0.0888. The lowest BCUT2D eigenvalue weighted by Crippen LogP contribution is -2.62. The Hall–Kier alpha value is -0.880. The minimum Gasteiger partial charge on any atom is -0.302 e. The number of thioether (sulfide) groups is 1. The molecule has 2 amide bonds. The second kappa shape index (κ2) is 6.89. The number of carbonyl (C=O) groups is 2. The lowest BCUT2D eigenvalue weighted by atomic mass is 9.78. The number of allylic oxidation sites excluding steroid dienone is 1. The van der Waals surface area contributed by atoms with Gasteiger partial charge in [-0.2, -0.15) is 11.8 Å². The number of hydrogen-bond acceptors (Lipinski definition) is 4. The molecular formula is C12H18N2O2S2. The molecule has 0 radical (unpaired) electrons. The van der Waals surface area contributed by atoms with Crippen molar-refractivity contribution in [2.24, 2.45) is 5.41 Å². The van der Waals surface area contributed by atoms with E-state index in [-0.39, 0.29) is 16.9 Å². The van der Waals surface area contributed by atoms with Gasteiger partial charge in [0.15, 0.2) is 5.11 Å². The van der Waals surface area contributed by atoms with Gasteiger partial charge in [0.1, 0.15) is 5.41 Å². The first-order chi connectivity index (χ1) is 8.56. The van der Waals surface area contributed by atoms with Crippen LogP contribution in [0, 0.1) is 5.41 Å². The third-order valence-corrected chi connectivity index (χ3v) is 4.23. The van der Waals surface area contributed by atoms with Crippen molar-refractivity contribution >= 4 is 40.9 Å². The standard InChI is InChI=1S/C12H18N2O2S2/c1-3-5-12(6-8-18-7-4-2)9(15)13-11(17)14-10(12)16/h3H,1,4-8H2,2H3,(H2,13,14,15,16,17). The zero-order chi connectivity index (χ0) is 13.6. The van der Waals surface area contributed by atoms with Gasteiger partial charge < -0.3 is 10.6 Å². The van der Waals surface area contributed by atoms with E-state index in [1.165, 1.54) is 0 Å². The van der Waals surface area contributed by atoms with E-state index in [0.717, 1.165) is 17.9 Å². The Labute approximate surface area is 117 Å². The fraction of sp³-hybridized carbons (Fsp3) is 0.583. The normalized spacial score (nSPS) is 18.2. The topological polar surface area (TPSA) is 58.2 Å². The Morgan fingerprint density at radius 2 is 1.94 bits per heavy atom. The van der Waals surface area contributed by atoms with Crippen molar-refractivity contribution in [1.82, 2.24) is 10.6 Å². The Balaban J connectivity index is 2.77. The van der Waals surface area contributed by atoms with Gasteiger partial charge in [-0.1, -0.05) is 13.0 Å². The van der Waals surface area contributed by atoms with Crippen molar-refractivity contribution in [3.05, 3.63) is 12.7 Å². The van der Waals surface area contributed by atoms with Gasteiger partial charge in [-0.15, -0.1) is 6.58 Å². The van der Waals surface area contributed by atoms with Gasteiger partial charge in [0.25, 0.3) is 0 Å². The third kappa shape index (κ3) is 3.32. The summed E-state index contributed by atoms with van der Waals surface area (Å²) in [6.07, 6.45) is 3.53. The highest BCUT2D eigenvalue weighted by molar-refractivity contribution is 7.99. The van der Waals surface area contributed by atoms with Crippen LogP contribution in [0.1, 0.15) is 26.2 Å². The van der Waals surface area contributed by atoms with Crippen molar-refractivity contribution in [2.75, 3.05) is 11.5 Å². The maximum atomic E-state index is 12.1. The zero-order valence-corrected chi connectivity index (χ0v) is 12.1. The molecule has 0 aromatic heterocycles. The van der Waals surface area contributed by atoms with Crippen LogP contribution in [0.5, 0.6) is 0 Å². The van der Waals surface area contributed by atoms with Gasteiger partial charge in [0.05, 0.1) is 0 Å². The summed E-state index contributed by atoms with van der Waals surface area (Å²) >= 11 is 6.55. The number of hydrogen-bond donors (Lipinski definition) is 2. The van der Waals surface area contributed by atoms with Gasteiger partial charge in [0.2, 0.25) is 11.8 Å². The molecular weight excluding hydrogens is 268 g/mol. The van der Waals surface area contributed by atoms with Gasteiger partial charge in [-0.3, -0.25) is 9.59 Å². The summed E-state index contributed by atoms with van der Waals surface area (Å²) in [6, 6.07) is 0. The molecule has 0 aromatic rings. The summed E-state index contributed by atoms with van der Waals surface area (Å²) < 4.78 is 0. The molecule has 1 fully saturated rings. The number of amides is 2.